The van der Waals surface area contributed by atoms with E-state index in [1.807, 2.05) is 0 Å². The highest BCUT2D eigenvalue weighted by atomic mass is 35.5. The van der Waals surface area contributed by atoms with E-state index in [9.17, 15) is 22.9 Å². The number of hydrogen-bond acceptors (Lipinski definition) is 4. The van der Waals surface area contributed by atoms with E-state index in [1.165, 1.54) is 0 Å². The number of halogens is 2. The van der Waals surface area contributed by atoms with Crippen molar-refractivity contribution in [2.75, 3.05) is 17.6 Å². The van der Waals surface area contributed by atoms with E-state index in [-0.39, 0.29) is 10.7 Å². The SMILES string of the molecule is CN(c1cc([N+](=O)[O-])c(F)cc1Cl)S(C)(=O)=O. The van der Waals surface area contributed by atoms with Crippen molar-refractivity contribution in [2.45, 2.75) is 0 Å². The number of nitro groups is 1. The molecule has 1 aromatic rings. The molecule has 0 fully saturated rings. The lowest BCUT2D eigenvalue weighted by molar-refractivity contribution is -0.387. The van der Waals surface area contributed by atoms with E-state index in [0.717, 1.165) is 23.7 Å². The number of nitrogens with zero attached hydrogens (tertiary/aromatic N) is 2. The van der Waals surface area contributed by atoms with Crippen LogP contribution in [0.1, 0.15) is 0 Å². The van der Waals surface area contributed by atoms with Crippen LogP contribution in [0.3, 0.4) is 0 Å². The predicted molar refractivity (Wildman–Crippen MR) is 61.3 cm³/mol. The van der Waals surface area contributed by atoms with E-state index >= 15 is 0 Å². The fourth-order valence-electron chi connectivity index (χ4n) is 1.09. The first kappa shape index (κ1) is 13.7. The van der Waals surface area contributed by atoms with Crippen molar-refractivity contribution in [1.82, 2.24) is 0 Å². The zero-order chi connectivity index (χ0) is 13.4. The van der Waals surface area contributed by atoms with Crippen molar-refractivity contribution in [2.24, 2.45) is 0 Å². The minimum atomic E-state index is -3.63. The molecule has 0 aliphatic heterocycles. The maximum absolute atomic E-state index is 13.1. The molecule has 0 aliphatic rings. The van der Waals surface area contributed by atoms with E-state index < -0.39 is 26.5 Å². The van der Waals surface area contributed by atoms with Gasteiger partial charge >= 0.3 is 5.69 Å². The number of anilines is 1. The fraction of sp³-hybridized carbons (Fsp3) is 0.250. The molecular weight excluding hydrogens is 275 g/mol. The zero-order valence-corrected chi connectivity index (χ0v) is 10.4. The normalized spacial score (nSPS) is 11.3. The van der Waals surface area contributed by atoms with Gasteiger partial charge in [-0.25, -0.2) is 8.42 Å². The molecule has 0 saturated heterocycles. The highest BCUT2D eigenvalue weighted by Gasteiger charge is 2.22. The Morgan fingerprint density at radius 3 is 2.41 bits per heavy atom. The number of sulfonamides is 1. The molecule has 0 unspecified atom stereocenters. The summed E-state index contributed by atoms with van der Waals surface area (Å²) >= 11 is 5.64. The third kappa shape index (κ3) is 2.83. The Balaban J connectivity index is 3.45. The van der Waals surface area contributed by atoms with Gasteiger partial charge in [0.15, 0.2) is 0 Å². The Labute approximate surface area is 102 Å². The lowest BCUT2D eigenvalue weighted by Crippen LogP contribution is -2.25. The number of rotatable bonds is 3. The third-order valence-electron chi connectivity index (χ3n) is 2.05. The molecule has 0 saturated carbocycles. The highest BCUT2D eigenvalue weighted by molar-refractivity contribution is 7.92. The Bertz CT molecular complexity index is 575. The topological polar surface area (TPSA) is 80.5 Å². The van der Waals surface area contributed by atoms with Gasteiger partial charge in [0.2, 0.25) is 15.8 Å². The minimum Gasteiger partial charge on any atom is -0.272 e. The molecule has 0 heterocycles. The van der Waals surface area contributed by atoms with Gasteiger partial charge in [0.05, 0.1) is 21.9 Å². The molecule has 0 aliphatic carbocycles. The van der Waals surface area contributed by atoms with Crippen LogP contribution in [0.25, 0.3) is 0 Å². The average molecular weight is 283 g/mol. The van der Waals surface area contributed by atoms with Crippen LogP contribution in [0.5, 0.6) is 0 Å². The first-order valence-corrected chi connectivity index (χ1v) is 6.44. The van der Waals surface area contributed by atoms with Gasteiger partial charge in [-0.2, -0.15) is 4.39 Å². The molecule has 1 aromatic carbocycles. The Kier molecular flexibility index (Phi) is 3.58. The summed E-state index contributed by atoms with van der Waals surface area (Å²) in [6.45, 7) is 0. The zero-order valence-electron chi connectivity index (χ0n) is 8.85. The molecule has 0 amide bonds. The van der Waals surface area contributed by atoms with Gasteiger partial charge in [0, 0.05) is 19.2 Å². The third-order valence-corrected chi connectivity index (χ3v) is 3.54. The van der Waals surface area contributed by atoms with E-state index in [4.69, 9.17) is 11.6 Å². The van der Waals surface area contributed by atoms with Crippen LogP contribution in [0, 0.1) is 15.9 Å². The molecule has 6 nitrogen and oxygen atoms in total. The number of benzene rings is 1. The molecule has 17 heavy (non-hydrogen) atoms. The van der Waals surface area contributed by atoms with E-state index in [0.29, 0.717) is 6.07 Å². The first-order chi connectivity index (χ1) is 7.64. The summed E-state index contributed by atoms with van der Waals surface area (Å²) in [6.07, 6.45) is 0.901. The van der Waals surface area contributed by atoms with Crippen molar-refractivity contribution in [3.05, 3.63) is 33.1 Å². The van der Waals surface area contributed by atoms with Crippen molar-refractivity contribution >= 4 is 33.0 Å². The molecule has 0 spiro atoms. The van der Waals surface area contributed by atoms with Gasteiger partial charge in [-0.3, -0.25) is 14.4 Å². The molecule has 9 heteroatoms. The maximum Gasteiger partial charge on any atom is 0.306 e. The van der Waals surface area contributed by atoms with Gasteiger partial charge in [0.25, 0.3) is 0 Å². The van der Waals surface area contributed by atoms with Crippen LogP contribution in [0.4, 0.5) is 15.8 Å². The summed E-state index contributed by atoms with van der Waals surface area (Å²) in [4.78, 5) is 9.56. The molecule has 0 bridgehead atoms. The predicted octanol–water partition coefficient (Wildman–Crippen LogP) is 1.78. The van der Waals surface area contributed by atoms with Crippen LogP contribution in [0.15, 0.2) is 12.1 Å². The van der Waals surface area contributed by atoms with Gasteiger partial charge < -0.3 is 0 Å². The summed E-state index contributed by atoms with van der Waals surface area (Å²) in [7, 11) is -2.46. The number of nitro benzene ring substituents is 1. The van der Waals surface area contributed by atoms with Gasteiger partial charge in [-0.05, 0) is 0 Å². The molecule has 0 N–H and O–H groups in total. The summed E-state index contributed by atoms with van der Waals surface area (Å²) in [5.41, 5.74) is -0.984. The molecule has 0 atom stereocenters. The van der Waals surface area contributed by atoms with Gasteiger partial charge in [0.1, 0.15) is 0 Å². The fourth-order valence-corrected chi connectivity index (χ4v) is 1.92. The second kappa shape index (κ2) is 4.46. The van der Waals surface area contributed by atoms with Gasteiger partial charge in [-0.15, -0.1) is 0 Å². The van der Waals surface area contributed by atoms with Crippen molar-refractivity contribution in [3.8, 4) is 0 Å². The number of hydrogen-bond donors (Lipinski definition) is 0. The maximum atomic E-state index is 13.1. The summed E-state index contributed by atoms with van der Waals surface area (Å²) in [5, 5.41) is 10.3. The quantitative estimate of drug-likeness (QED) is 0.625. The molecular formula is C8H8ClFN2O4S. The Morgan fingerprint density at radius 1 is 1.47 bits per heavy atom. The van der Waals surface area contributed by atoms with Crippen LogP contribution in [-0.2, 0) is 10.0 Å². The van der Waals surface area contributed by atoms with E-state index in [2.05, 4.69) is 0 Å². The largest absolute Gasteiger partial charge is 0.306 e. The van der Waals surface area contributed by atoms with Crippen molar-refractivity contribution in [1.29, 1.82) is 0 Å². The Hall–Kier alpha value is -1.41. The molecule has 1 rings (SSSR count). The lowest BCUT2D eigenvalue weighted by atomic mass is 10.2. The molecule has 0 aromatic heterocycles. The summed E-state index contributed by atoms with van der Waals surface area (Å²) in [5.74, 6) is -1.12. The van der Waals surface area contributed by atoms with Crippen molar-refractivity contribution < 1.29 is 17.7 Å². The minimum absolute atomic E-state index is 0.151. The van der Waals surface area contributed by atoms with Gasteiger partial charge in [-0.1, -0.05) is 11.6 Å². The molecule has 0 radical (unpaired) electrons. The second-order valence-electron chi connectivity index (χ2n) is 3.24. The second-order valence-corrected chi connectivity index (χ2v) is 5.66. The summed E-state index contributed by atoms with van der Waals surface area (Å²) < 4.78 is 36.4. The van der Waals surface area contributed by atoms with Crippen LogP contribution in [0.2, 0.25) is 5.02 Å². The highest BCUT2D eigenvalue weighted by Crippen LogP contribution is 2.32. The smallest absolute Gasteiger partial charge is 0.272 e. The first-order valence-electron chi connectivity index (χ1n) is 4.22. The standard InChI is InChI=1S/C8H8ClFN2O4S/c1-11(17(2,15)16)7-4-8(12(13)14)6(10)3-5(7)9/h3-4H,1-2H3. The molecule has 94 valence electrons. The Morgan fingerprint density at radius 2 is 2.00 bits per heavy atom. The van der Waals surface area contributed by atoms with Crippen molar-refractivity contribution in [3.63, 3.8) is 0 Å². The monoisotopic (exact) mass is 282 g/mol. The van der Waals surface area contributed by atoms with Crippen LogP contribution >= 0.6 is 11.6 Å². The lowest BCUT2D eigenvalue weighted by Gasteiger charge is -2.17. The van der Waals surface area contributed by atoms with Crippen LogP contribution < -0.4 is 4.31 Å². The van der Waals surface area contributed by atoms with E-state index in [1.54, 1.807) is 0 Å². The summed E-state index contributed by atoms with van der Waals surface area (Å²) in [6, 6.07) is 1.48. The average Bonchev–Trinajstić information content (AvgIpc) is 2.14. The van der Waals surface area contributed by atoms with Crippen LogP contribution in [-0.4, -0.2) is 26.6 Å².